The number of amides is 2. The van der Waals surface area contributed by atoms with E-state index in [4.69, 9.17) is 0 Å². The van der Waals surface area contributed by atoms with Gasteiger partial charge in [0.2, 0.25) is 0 Å². The van der Waals surface area contributed by atoms with Crippen LogP contribution in [0.4, 0.5) is 10.5 Å². The first-order chi connectivity index (χ1) is 7.08. The Morgan fingerprint density at radius 1 is 1.27 bits per heavy atom. The molecule has 0 aliphatic heterocycles. The fraction of sp³-hybridized carbons (Fsp3) is 0.200. The second kappa shape index (κ2) is 5.50. The minimum absolute atomic E-state index is 0.349. The van der Waals surface area contributed by atoms with Crippen molar-refractivity contribution in [1.82, 2.24) is 5.43 Å². The van der Waals surface area contributed by atoms with Crippen LogP contribution < -0.4 is 10.7 Å². The molecule has 0 atom stereocenters. The van der Waals surface area contributed by atoms with Gasteiger partial charge in [-0.15, -0.1) is 0 Å². The number of hydrogen-bond acceptors (Lipinski definition) is 2. The molecule has 2 N–H and O–H groups in total. The largest absolute Gasteiger partial charge is 0.339 e. The summed E-state index contributed by atoms with van der Waals surface area (Å²) in [6.07, 6.45) is 0. The number of carbonyl (C=O) groups is 1. The van der Waals surface area contributed by atoms with Crippen LogP contribution in [-0.2, 0) is 0 Å². The van der Waals surface area contributed by atoms with Gasteiger partial charge in [0.25, 0.3) is 0 Å². The van der Waals surface area contributed by atoms with Crippen molar-refractivity contribution in [3.05, 3.63) is 28.7 Å². The lowest BCUT2D eigenvalue weighted by Crippen LogP contribution is -2.24. The number of nitrogens with one attached hydrogen (secondary N) is 2. The number of rotatable bonds is 2. The quantitative estimate of drug-likeness (QED) is 0.630. The van der Waals surface area contributed by atoms with Gasteiger partial charge in [-0.25, -0.2) is 10.2 Å². The molecule has 4 nitrogen and oxygen atoms in total. The maximum Gasteiger partial charge on any atom is 0.339 e. The van der Waals surface area contributed by atoms with Crippen molar-refractivity contribution in [2.75, 3.05) is 5.32 Å². The van der Waals surface area contributed by atoms with Gasteiger partial charge in [-0.1, -0.05) is 15.9 Å². The lowest BCUT2D eigenvalue weighted by molar-refractivity contribution is 0.252. The monoisotopic (exact) mass is 269 g/mol. The number of nitrogens with zero attached hydrogens (tertiary/aromatic N) is 1. The molecule has 15 heavy (non-hydrogen) atoms. The van der Waals surface area contributed by atoms with Gasteiger partial charge in [0.05, 0.1) is 0 Å². The second-order valence-corrected chi connectivity index (χ2v) is 4.05. The first kappa shape index (κ1) is 11.7. The average Bonchev–Trinajstić information content (AvgIpc) is 2.19. The number of benzene rings is 1. The minimum Gasteiger partial charge on any atom is -0.307 e. The molecule has 0 unspecified atom stereocenters. The van der Waals surface area contributed by atoms with Crippen LogP contribution in [0.25, 0.3) is 0 Å². The van der Waals surface area contributed by atoms with Gasteiger partial charge in [-0.05, 0) is 38.1 Å². The Hall–Kier alpha value is -1.36. The Bertz CT molecular complexity index is 369. The number of anilines is 1. The van der Waals surface area contributed by atoms with Crippen LogP contribution in [-0.4, -0.2) is 11.7 Å². The van der Waals surface area contributed by atoms with Gasteiger partial charge >= 0.3 is 6.03 Å². The first-order valence-electron chi connectivity index (χ1n) is 4.41. The molecule has 0 aromatic heterocycles. The zero-order valence-electron chi connectivity index (χ0n) is 8.54. The lowest BCUT2D eigenvalue weighted by Gasteiger charge is -2.04. The number of hydrazone groups is 1. The molecule has 0 fully saturated rings. The Kier molecular flexibility index (Phi) is 4.30. The van der Waals surface area contributed by atoms with Gasteiger partial charge in [-0.2, -0.15) is 5.10 Å². The summed E-state index contributed by atoms with van der Waals surface area (Å²) in [6.45, 7) is 3.61. The Morgan fingerprint density at radius 3 is 2.40 bits per heavy atom. The van der Waals surface area contributed by atoms with Crippen LogP contribution in [0.1, 0.15) is 13.8 Å². The first-order valence-corrected chi connectivity index (χ1v) is 5.20. The smallest absolute Gasteiger partial charge is 0.307 e. The van der Waals surface area contributed by atoms with E-state index in [9.17, 15) is 4.79 Å². The van der Waals surface area contributed by atoms with Crippen molar-refractivity contribution in [1.29, 1.82) is 0 Å². The summed E-state index contributed by atoms with van der Waals surface area (Å²) >= 11 is 3.31. The summed E-state index contributed by atoms with van der Waals surface area (Å²) in [4.78, 5) is 11.3. The molecular formula is C10H12BrN3O. The van der Waals surface area contributed by atoms with Crippen LogP contribution in [0.15, 0.2) is 33.8 Å². The van der Waals surface area contributed by atoms with Crippen LogP contribution in [0.3, 0.4) is 0 Å². The summed E-state index contributed by atoms with van der Waals surface area (Å²) in [6, 6.07) is 6.95. The van der Waals surface area contributed by atoms with Gasteiger partial charge in [-0.3, -0.25) is 0 Å². The van der Waals surface area contributed by atoms with E-state index in [-0.39, 0.29) is 6.03 Å². The third kappa shape index (κ3) is 4.60. The van der Waals surface area contributed by atoms with E-state index in [2.05, 4.69) is 31.8 Å². The molecule has 1 rings (SSSR count). The Balaban J connectivity index is 2.51. The fourth-order valence-corrected chi connectivity index (χ4v) is 1.12. The van der Waals surface area contributed by atoms with Crippen molar-refractivity contribution in [2.45, 2.75) is 13.8 Å². The van der Waals surface area contributed by atoms with Gasteiger partial charge in [0.1, 0.15) is 0 Å². The molecule has 80 valence electrons. The summed E-state index contributed by atoms with van der Waals surface area (Å²) in [5.41, 5.74) is 3.89. The van der Waals surface area contributed by atoms with Gasteiger partial charge < -0.3 is 5.32 Å². The van der Waals surface area contributed by atoms with Crippen molar-refractivity contribution in [2.24, 2.45) is 5.10 Å². The van der Waals surface area contributed by atoms with E-state index in [1.807, 2.05) is 12.1 Å². The van der Waals surface area contributed by atoms with Gasteiger partial charge in [0, 0.05) is 15.9 Å². The summed E-state index contributed by atoms with van der Waals surface area (Å²) < 4.78 is 0.968. The number of carbonyl (C=O) groups excluding carboxylic acids is 1. The highest BCUT2D eigenvalue weighted by atomic mass is 79.9. The van der Waals surface area contributed by atoms with Gasteiger partial charge in [0.15, 0.2) is 0 Å². The normalized spacial score (nSPS) is 9.27. The molecule has 5 heteroatoms. The molecule has 0 radical (unpaired) electrons. The summed E-state index contributed by atoms with van der Waals surface area (Å²) in [7, 11) is 0. The molecule has 0 saturated carbocycles. The molecule has 1 aromatic carbocycles. The van der Waals surface area contributed by atoms with E-state index in [1.54, 1.807) is 26.0 Å². The van der Waals surface area contributed by atoms with Crippen LogP contribution in [0.2, 0.25) is 0 Å². The predicted octanol–water partition coefficient (Wildman–Crippen LogP) is 2.97. The molecule has 0 aliphatic carbocycles. The van der Waals surface area contributed by atoms with Crippen LogP contribution in [0.5, 0.6) is 0 Å². The van der Waals surface area contributed by atoms with Crippen molar-refractivity contribution < 1.29 is 4.79 Å². The zero-order valence-corrected chi connectivity index (χ0v) is 10.1. The molecule has 0 saturated heterocycles. The lowest BCUT2D eigenvalue weighted by atomic mass is 10.3. The van der Waals surface area contributed by atoms with Crippen molar-refractivity contribution in [3.63, 3.8) is 0 Å². The maximum absolute atomic E-state index is 11.3. The van der Waals surface area contributed by atoms with E-state index in [1.165, 1.54) is 0 Å². The highest BCUT2D eigenvalue weighted by molar-refractivity contribution is 9.10. The standard InChI is InChI=1S/C10H12BrN3O/c1-7(2)13-14-10(15)12-9-5-3-8(11)4-6-9/h3-6H,1-2H3,(H2,12,14,15). The number of halogens is 1. The summed E-state index contributed by atoms with van der Waals surface area (Å²) in [5.74, 6) is 0. The molecule has 0 bridgehead atoms. The van der Waals surface area contributed by atoms with Crippen LogP contribution in [0, 0.1) is 0 Å². The number of hydrogen-bond donors (Lipinski definition) is 2. The topological polar surface area (TPSA) is 53.5 Å². The maximum atomic E-state index is 11.3. The SMILES string of the molecule is CC(C)=NNC(=O)Nc1ccc(Br)cc1. The fourth-order valence-electron chi connectivity index (χ4n) is 0.855. The second-order valence-electron chi connectivity index (χ2n) is 3.13. The molecule has 0 heterocycles. The minimum atomic E-state index is -0.349. The van der Waals surface area contributed by atoms with Crippen LogP contribution >= 0.6 is 15.9 Å². The molecule has 0 spiro atoms. The molecule has 2 amide bonds. The third-order valence-corrected chi connectivity index (χ3v) is 2.01. The highest BCUT2D eigenvalue weighted by Gasteiger charge is 1.99. The van der Waals surface area contributed by atoms with E-state index >= 15 is 0 Å². The number of urea groups is 1. The zero-order chi connectivity index (χ0) is 11.3. The van der Waals surface area contributed by atoms with E-state index in [0.29, 0.717) is 0 Å². The summed E-state index contributed by atoms with van der Waals surface area (Å²) in [5, 5.41) is 6.43. The molecule has 1 aromatic rings. The Morgan fingerprint density at radius 2 is 1.87 bits per heavy atom. The molecule has 0 aliphatic rings. The van der Waals surface area contributed by atoms with Crippen molar-refractivity contribution >= 4 is 33.4 Å². The predicted molar refractivity (Wildman–Crippen MR) is 65.1 cm³/mol. The Labute approximate surface area is 96.9 Å². The third-order valence-electron chi connectivity index (χ3n) is 1.48. The van der Waals surface area contributed by atoms with E-state index < -0.39 is 0 Å². The van der Waals surface area contributed by atoms with Crippen molar-refractivity contribution in [3.8, 4) is 0 Å². The highest BCUT2D eigenvalue weighted by Crippen LogP contribution is 2.13. The average molecular weight is 270 g/mol. The van der Waals surface area contributed by atoms with E-state index in [0.717, 1.165) is 15.9 Å². The molecular weight excluding hydrogens is 258 g/mol.